The summed E-state index contributed by atoms with van der Waals surface area (Å²) in [6.45, 7) is 4.20. The number of aromatic nitrogens is 6. The highest BCUT2D eigenvalue weighted by atomic mass is 16.5. The number of rotatable bonds is 8. The summed E-state index contributed by atoms with van der Waals surface area (Å²) in [7, 11) is 0. The summed E-state index contributed by atoms with van der Waals surface area (Å²) in [6, 6.07) is 16.9. The molecule has 45 heavy (non-hydrogen) atoms. The van der Waals surface area contributed by atoms with Crippen LogP contribution in [0.25, 0.3) is 34.1 Å². The molecule has 1 aromatic carbocycles. The van der Waals surface area contributed by atoms with Crippen LogP contribution in [0, 0.1) is 5.92 Å². The first-order valence-corrected chi connectivity index (χ1v) is 16.0. The standard InChI is InChI=1S/C34H37N9O2/c1-2-45-30-15-19-42(40-30)29-12-11-28-33(39-29)43(32(38-28)26-4-3-16-36-31(26)35)24-8-9-25-22(20-24)7-10-27(25)37-23-13-17-41(18-14-23)34(44)21-5-6-21/h3-4,8-9,11-12,15-16,19-21,23,27,37H,2,5-7,10,13-14,17-18H2,1H3,(H2,35,36)/t27-/m0/s1. The maximum absolute atomic E-state index is 12.5. The van der Waals surface area contributed by atoms with Crippen LogP contribution in [-0.2, 0) is 11.2 Å². The van der Waals surface area contributed by atoms with E-state index in [0.717, 1.165) is 68.4 Å². The van der Waals surface area contributed by atoms with Crippen LogP contribution >= 0.6 is 0 Å². The molecule has 2 fully saturated rings. The maximum Gasteiger partial charge on any atom is 0.233 e. The van der Waals surface area contributed by atoms with E-state index < -0.39 is 0 Å². The van der Waals surface area contributed by atoms with Crippen LogP contribution in [-0.4, -0.2) is 65.8 Å². The van der Waals surface area contributed by atoms with Gasteiger partial charge in [0.1, 0.15) is 11.3 Å². The van der Waals surface area contributed by atoms with Gasteiger partial charge in [-0.1, -0.05) is 6.07 Å². The molecule has 1 saturated carbocycles. The monoisotopic (exact) mass is 603 g/mol. The third-order valence-electron chi connectivity index (χ3n) is 9.29. The van der Waals surface area contributed by atoms with Gasteiger partial charge in [0.15, 0.2) is 17.3 Å². The number of nitrogens with two attached hydrogens (primary N) is 1. The number of aryl methyl sites for hydroxylation is 1. The van der Waals surface area contributed by atoms with Gasteiger partial charge in [0.25, 0.3) is 0 Å². The third kappa shape index (κ3) is 5.20. The summed E-state index contributed by atoms with van der Waals surface area (Å²) in [5.74, 6) is 2.99. The number of imidazole rings is 1. The molecule has 0 spiro atoms. The molecule has 1 atom stereocenters. The van der Waals surface area contributed by atoms with Crippen LogP contribution in [0.5, 0.6) is 5.88 Å². The van der Waals surface area contributed by atoms with E-state index in [-0.39, 0.29) is 0 Å². The first-order chi connectivity index (χ1) is 22.1. The number of nitrogens with one attached hydrogen (secondary N) is 1. The Kier molecular flexibility index (Phi) is 6.97. The van der Waals surface area contributed by atoms with Crippen LogP contribution < -0.4 is 15.8 Å². The minimum absolute atomic E-state index is 0.300. The Morgan fingerprint density at radius 3 is 2.71 bits per heavy atom. The molecule has 8 rings (SSSR count). The first kappa shape index (κ1) is 27.8. The number of nitrogens with zero attached hydrogens (tertiary/aromatic N) is 7. The van der Waals surface area contributed by atoms with Gasteiger partial charge in [-0.3, -0.25) is 9.36 Å². The predicted molar refractivity (Wildman–Crippen MR) is 171 cm³/mol. The summed E-state index contributed by atoms with van der Waals surface area (Å²) in [5, 5.41) is 8.46. The summed E-state index contributed by atoms with van der Waals surface area (Å²) < 4.78 is 9.36. The van der Waals surface area contributed by atoms with Crippen molar-refractivity contribution >= 4 is 22.9 Å². The Morgan fingerprint density at radius 1 is 1.04 bits per heavy atom. The molecule has 1 saturated heterocycles. The van der Waals surface area contributed by atoms with Crippen molar-refractivity contribution in [2.24, 2.45) is 5.92 Å². The molecule has 3 N–H and O–H groups in total. The lowest BCUT2D eigenvalue weighted by atomic mass is 10.0. The summed E-state index contributed by atoms with van der Waals surface area (Å²) in [6.07, 6.45) is 9.73. The largest absolute Gasteiger partial charge is 0.477 e. The van der Waals surface area contributed by atoms with E-state index >= 15 is 0 Å². The van der Waals surface area contributed by atoms with E-state index in [1.54, 1.807) is 10.9 Å². The Morgan fingerprint density at radius 2 is 1.91 bits per heavy atom. The SMILES string of the molecule is CCOc1ccn(-c2ccc3nc(-c4cccnc4N)n(-c4ccc5c(c4)CC[C@@H]5NC4CCN(C(=O)C5CC5)CC4)c3n2)n1. The van der Waals surface area contributed by atoms with Crippen LogP contribution in [0.1, 0.15) is 56.2 Å². The lowest BCUT2D eigenvalue weighted by Crippen LogP contribution is -2.46. The molecule has 5 heterocycles. The van der Waals surface area contributed by atoms with Crippen molar-refractivity contribution in [1.82, 2.24) is 39.5 Å². The third-order valence-corrected chi connectivity index (χ3v) is 9.29. The molecule has 0 unspecified atom stereocenters. The first-order valence-electron chi connectivity index (χ1n) is 16.0. The van der Waals surface area contributed by atoms with Crippen LogP contribution in [0.3, 0.4) is 0 Å². The van der Waals surface area contributed by atoms with E-state index in [0.29, 0.717) is 59.5 Å². The number of anilines is 1. The summed E-state index contributed by atoms with van der Waals surface area (Å²) in [4.78, 5) is 29.0. The quantitative estimate of drug-likeness (QED) is 0.263. The average molecular weight is 604 g/mol. The summed E-state index contributed by atoms with van der Waals surface area (Å²) in [5.41, 5.74) is 12.2. The highest BCUT2D eigenvalue weighted by molar-refractivity contribution is 5.83. The molecule has 3 aliphatic rings. The number of hydrogen-bond donors (Lipinski definition) is 2. The fourth-order valence-electron chi connectivity index (χ4n) is 6.82. The molecule has 11 heteroatoms. The second kappa shape index (κ2) is 11.3. The van der Waals surface area contributed by atoms with Crippen LogP contribution in [0.15, 0.2) is 60.9 Å². The fraction of sp³-hybridized carbons (Fsp3) is 0.382. The van der Waals surface area contributed by atoms with Gasteiger partial charge < -0.3 is 20.7 Å². The van der Waals surface area contributed by atoms with E-state index in [1.807, 2.05) is 43.5 Å². The minimum Gasteiger partial charge on any atom is -0.477 e. The number of nitrogen functional groups attached to an aromatic ring is 1. The molecule has 5 aromatic rings. The highest BCUT2D eigenvalue weighted by Crippen LogP contribution is 2.37. The number of carbonyl (C=O) groups excluding carboxylic acids is 1. The van der Waals surface area contributed by atoms with Gasteiger partial charge in [-0.15, -0.1) is 5.10 Å². The van der Waals surface area contributed by atoms with Crippen LogP contribution in [0.2, 0.25) is 0 Å². The van der Waals surface area contributed by atoms with Crippen molar-refractivity contribution in [3.05, 3.63) is 72.1 Å². The predicted octanol–water partition coefficient (Wildman–Crippen LogP) is 4.63. The number of amides is 1. The number of benzene rings is 1. The molecule has 4 aromatic heterocycles. The Hall–Kier alpha value is -4.77. The van der Waals surface area contributed by atoms with Crippen molar-refractivity contribution in [2.45, 2.75) is 57.5 Å². The Bertz CT molecular complexity index is 1880. The number of ether oxygens (including phenoxy) is 1. The number of likely N-dealkylation sites (tertiary alicyclic amines) is 1. The maximum atomic E-state index is 12.5. The van der Waals surface area contributed by atoms with Gasteiger partial charge in [-0.25, -0.2) is 19.6 Å². The van der Waals surface area contributed by atoms with Gasteiger partial charge >= 0.3 is 0 Å². The van der Waals surface area contributed by atoms with E-state index in [9.17, 15) is 4.79 Å². The Labute approximate surface area is 261 Å². The highest BCUT2D eigenvalue weighted by Gasteiger charge is 2.35. The molecule has 0 radical (unpaired) electrons. The fourth-order valence-corrected chi connectivity index (χ4v) is 6.82. The van der Waals surface area contributed by atoms with Crippen LogP contribution in [0.4, 0.5) is 5.82 Å². The summed E-state index contributed by atoms with van der Waals surface area (Å²) >= 11 is 0. The smallest absolute Gasteiger partial charge is 0.233 e. The number of hydrogen-bond acceptors (Lipinski definition) is 8. The Balaban J connectivity index is 1.11. The zero-order valence-corrected chi connectivity index (χ0v) is 25.4. The molecular formula is C34H37N9O2. The molecule has 0 bridgehead atoms. The van der Waals surface area contributed by atoms with Gasteiger partial charge in [-0.05, 0) is 93.0 Å². The van der Waals surface area contributed by atoms with Crippen molar-refractivity contribution < 1.29 is 9.53 Å². The van der Waals surface area contributed by atoms with E-state index in [4.69, 9.17) is 20.4 Å². The van der Waals surface area contributed by atoms with Crippen molar-refractivity contribution in [2.75, 3.05) is 25.4 Å². The molecule has 2 aliphatic carbocycles. The van der Waals surface area contributed by atoms with E-state index in [2.05, 4.69) is 43.1 Å². The molecule has 1 aliphatic heterocycles. The second-order valence-electron chi connectivity index (χ2n) is 12.3. The molecular weight excluding hydrogens is 566 g/mol. The zero-order chi connectivity index (χ0) is 30.5. The van der Waals surface area contributed by atoms with Gasteiger partial charge in [0.05, 0.1) is 12.2 Å². The minimum atomic E-state index is 0.300. The number of carbonyl (C=O) groups is 1. The van der Waals surface area contributed by atoms with E-state index in [1.165, 1.54) is 11.1 Å². The van der Waals surface area contributed by atoms with Crippen molar-refractivity contribution in [1.29, 1.82) is 0 Å². The topological polar surface area (TPSA) is 129 Å². The molecule has 1 amide bonds. The number of fused-ring (bicyclic) bond motifs is 2. The average Bonchev–Trinajstić information content (AvgIpc) is 3.50. The number of piperidine rings is 1. The van der Waals surface area contributed by atoms with Gasteiger partial charge in [0, 0.05) is 55.2 Å². The lowest BCUT2D eigenvalue weighted by Gasteiger charge is -2.34. The molecule has 11 nitrogen and oxygen atoms in total. The number of pyridine rings is 2. The van der Waals surface area contributed by atoms with Crippen molar-refractivity contribution in [3.63, 3.8) is 0 Å². The molecule has 230 valence electrons. The normalized spacial score (nSPS) is 18.4. The zero-order valence-electron chi connectivity index (χ0n) is 25.4. The van der Waals surface area contributed by atoms with Crippen molar-refractivity contribution in [3.8, 4) is 28.8 Å². The lowest BCUT2D eigenvalue weighted by molar-refractivity contribution is -0.133. The second-order valence-corrected chi connectivity index (χ2v) is 12.3. The van der Waals surface area contributed by atoms with Gasteiger partial charge in [0.2, 0.25) is 11.8 Å². The van der Waals surface area contributed by atoms with Gasteiger partial charge in [-0.2, -0.15) is 0 Å².